The van der Waals surface area contributed by atoms with Gasteiger partial charge in [-0.3, -0.25) is 9.59 Å². The minimum Gasteiger partial charge on any atom is -0.481 e. The van der Waals surface area contributed by atoms with E-state index in [1.54, 1.807) is 0 Å². The maximum Gasteiger partial charge on any atom is 0.311 e. The molecule has 1 aromatic heterocycles. The van der Waals surface area contributed by atoms with Gasteiger partial charge in [0.2, 0.25) is 0 Å². The Kier molecular flexibility index (Phi) is 4.92. The van der Waals surface area contributed by atoms with Crippen molar-refractivity contribution in [3.8, 4) is 0 Å². The second-order valence-electron chi connectivity index (χ2n) is 5.97. The van der Waals surface area contributed by atoms with Gasteiger partial charge in [-0.25, -0.2) is 0 Å². The van der Waals surface area contributed by atoms with Gasteiger partial charge in [-0.05, 0) is 30.3 Å². The van der Waals surface area contributed by atoms with Crippen molar-refractivity contribution in [2.75, 3.05) is 6.54 Å². The largest absolute Gasteiger partial charge is 0.481 e. The Morgan fingerprint density at radius 2 is 2.00 bits per heavy atom. The van der Waals surface area contributed by atoms with Gasteiger partial charge < -0.3 is 10.4 Å². The molecule has 1 aliphatic rings. The Morgan fingerprint density at radius 3 is 2.57 bits per heavy atom. The van der Waals surface area contributed by atoms with Crippen LogP contribution in [0.1, 0.15) is 67.2 Å². The average Bonchev–Trinajstić information content (AvgIpc) is 2.95. The van der Waals surface area contributed by atoms with Crippen molar-refractivity contribution in [2.45, 2.75) is 51.9 Å². The highest BCUT2D eigenvalue weighted by molar-refractivity contribution is 7.08. The number of hydrogen-bond acceptors (Lipinski definition) is 5. The number of nitrogens with one attached hydrogen (secondary N) is 1. The molecule has 1 saturated carbocycles. The number of carbonyl (C=O) groups is 2. The smallest absolute Gasteiger partial charge is 0.311 e. The van der Waals surface area contributed by atoms with Crippen LogP contribution in [-0.4, -0.2) is 33.1 Å². The Labute approximate surface area is 128 Å². The maximum atomic E-state index is 12.3. The Morgan fingerprint density at radius 1 is 1.33 bits per heavy atom. The molecule has 21 heavy (non-hydrogen) atoms. The lowest BCUT2D eigenvalue weighted by molar-refractivity contribution is -0.150. The van der Waals surface area contributed by atoms with Crippen LogP contribution < -0.4 is 5.32 Å². The summed E-state index contributed by atoms with van der Waals surface area (Å²) in [6.07, 6.45) is 4.13. The number of carboxylic acids is 1. The first-order chi connectivity index (χ1) is 9.96. The van der Waals surface area contributed by atoms with E-state index < -0.39 is 11.4 Å². The zero-order chi connectivity index (χ0) is 15.5. The van der Waals surface area contributed by atoms with E-state index in [4.69, 9.17) is 0 Å². The predicted molar refractivity (Wildman–Crippen MR) is 79.5 cm³/mol. The summed E-state index contributed by atoms with van der Waals surface area (Å²) >= 11 is 1.06. The number of aliphatic carboxylic acids is 1. The molecule has 1 aliphatic carbocycles. The molecule has 0 bridgehead atoms. The van der Waals surface area contributed by atoms with Crippen LogP contribution in [0.4, 0.5) is 0 Å². The number of hydrogen-bond donors (Lipinski definition) is 2. The summed E-state index contributed by atoms with van der Waals surface area (Å²) in [5.74, 6) is -0.957. The zero-order valence-electron chi connectivity index (χ0n) is 12.4. The highest BCUT2D eigenvalue weighted by Gasteiger charge is 2.40. The third kappa shape index (κ3) is 3.40. The molecule has 0 radical (unpaired) electrons. The van der Waals surface area contributed by atoms with Crippen LogP contribution in [0.15, 0.2) is 0 Å². The van der Waals surface area contributed by atoms with E-state index in [1.807, 2.05) is 13.8 Å². The molecule has 1 amide bonds. The summed E-state index contributed by atoms with van der Waals surface area (Å²) in [6.45, 7) is 4.08. The van der Waals surface area contributed by atoms with Crippen molar-refractivity contribution in [2.24, 2.45) is 5.41 Å². The van der Waals surface area contributed by atoms with E-state index in [0.29, 0.717) is 23.4 Å². The summed E-state index contributed by atoms with van der Waals surface area (Å²) in [5, 5.41) is 16.3. The van der Waals surface area contributed by atoms with E-state index in [2.05, 4.69) is 14.9 Å². The summed E-state index contributed by atoms with van der Waals surface area (Å²) in [7, 11) is 0. The lowest BCUT2D eigenvalue weighted by atomic mass is 9.74. The first-order valence-corrected chi connectivity index (χ1v) is 8.07. The summed E-state index contributed by atoms with van der Waals surface area (Å²) in [6, 6.07) is 0. The van der Waals surface area contributed by atoms with Crippen LogP contribution in [0.2, 0.25) is 0 Å². The number of amides is 1. The standard InChI is InChI=1S/C14H21N3O3S/c1-9(2)10-11(21-17-16-10)12(18)15-8-14(13(19)20)6-4-3-5-7-14/h9H,3-8H2,1-2H3,(H,15,18)(H,19,20). The fourth-order valence-corrected chi connectivity index (χ4v) is 3.49. The zero-order valence-corrected chi connectivity index (χ0v) is 13.2. The molecule has 0 spiro atoms. The molecule has 1 aromatic rings. The summed E-state index contributed by atoms with van der Waals surface area (Å²) in [4.78, 5) is 24.3. The molecule has 2 N–H and O–H groups in total. The number of rotatable bonds is 5. The maximum absolute atomic E-state index is 12.3. The average molecular weight is 311 g/mol. The topological polar surface area (TPSA) is 92.2 Å². The molecule has 0 atom stereocenters. The molecule has 0 unspecified atom stereocenters. The molecule has 2 rings (SSSR count). The van der Waals surface area contributed by atoms with Crippen molar-refractivity contribution in [3.63, 3.8) is 0 Å². The molecular formula is C14H21N3O3S. The van der Waals surface area contributed by atoms with Gasteiger partial charge in [0, 0.05) is 6.54 Å². The van der Waals surface area contributed by atoms with Crippen molar-refractivity contribution in [1.82, 2.24) is 14.9 Å². The Bertz CT molecular complexity index is 521. The fourth-order valence-electron chi connectivity index (χ4n) is 2.76. The minimum absolute atomic E-state index is 0.118. The van der Waals surface area contributed by atoms with E-state index in [-0.39, 0.29) is 18.4 Å². The van der Waals surface area contributed by atoms with Crippen LogP contribution in [-0.2, 0) is 4.79 Å². The molecule has 1 heterocycles. The van der Waals surface area contributed by atoms with Crippen LogP contribution in [0.3, 0.4) is 0 Å². The molecule has 0 aromatic carbocycles. The Balaban J connectivity index is 2.05. The van der Waals surface area contributed by atoms with Gasteiger partial charge in [-0.15, -0.1) is 5.10 Å². The third-order valence-corrected chi connectivity index (χ3v) is 4.86. The number of nitrogens with zero attached hydrogens (tertiary/aromatic N) is 2. The highest BCUT2D eigenvalue weighted by Crippen LogP contribution is 2.36. The first-order valence-electron chi connectivity index (χ1n) is 7.30. The van der Waals surface area contributed by atoms with Gasteiger partial charge in [0.05, 0.1) is 11.1 Å². The minimum atomic E-state index is -0.815. The number of carboxylic acid groups (broad SMARTS) is 1. The van der Waals surface area contributed by atoms with Crippen molar-refractivity contribution >= 4 is 23.4 Å². The molecule has 0 aliphatic heterocycles. The van der Waals surface area contributed by atoms with Gasteiger partial charge in [-0.1, -0.05) is 37.6 Å². The summed E-state index contributed by atoms with van der Waals surface area (Å²) < 4.78 is 3.83. The number of carbonyl (C=O) groups excluding carboxylic acids is 1. The quantitative estimate of drug-likeness (QED) is 0.871. The van der Waals surface area contributed by atoms with E-state index in [9.17, 15) is 14.7 Å². The lowest BCUT2D eigenvalue weighted by Crippen LogP contribution is -2.44. The van der Waals surface area contributed by atoms with Gasteiger partial charge in [-0.2, -0.15) is 0 Å². The third-order valence-electron chi connectivity index (χ3n) is 4.12. The summed E-state index contributed by atoms with van der Waals surface area (Å²) in [5.41, 5.74) is -0.144. The highest BCUT2D eigenvalue weighted by atomic mass is 32.1. The second-order valence-corrected chi connectivity index (χ2v) is 6.72. The van der Waals surface area contributed by atoms with E-state index in [0.717, 1.165) is 30.8 Å². The van der Waals surface area contributed by atoms with Crippen LogP contribution >= 0.6 is 11.5 Å². The van der Waals surface area contributed by atoms with Gasteiger partial charge in [0.25, 0.3) is 5.91 Å². The molecular weight excluding hydrogens is 290 g/mol. The van der Waals surface area contributed by atoms with Crippen molar-refractivity contribution in [1.29, 1.82) is 0 Å². The van der Waals surface area contributed by atoms with Gasteiger partial charge in [0.15, 0.2) is 0 Å². The van der Waals surface area contributed by atoms with Crippen LogP contribution in [0.5, 0.6) is 0 Å². The normalized spacial score (nSPS) is 17.7. The van der Waals surface area contributed by atoms with Crippen LogP contribution in [0.25, 0.3) is 0 Å². The van der Waals surface area contributed by atoms with Crippen molar-refractivity contribution < 1.29 is 14.7 Å². The van der Waals surface area contributed by atoms with E-state index >= 15 is 0 Å². The molecule has 6 nitrogen and oxygen atoms in total. The predicted octanol–water partition coefficient (Wildman–Crippen LogP) is 2.43. The molecule has 116 valence electrons. The van der Waals surface area contributed by atoms with E-state index in [1.165, 1.54) is 0 Å². The molecule has 7 heteroatoms. The van der Waals surface area contributed by atoms with Gasteiger partial charge in [0.1, 0.15) is 4.88 Å². The molecule has 1 fully saturated rings. The lowest BCUT2D eigenvalue weighted by Gasteiger charge is -2.33. The fraction of sp³-hybridized carbons (Fsp3) is 0.714. The van der Waals surface area contributed by atoms with Crippen LogP contribution in [0, 0.1) is 5.41 Å². The van der Waals surface area contributed by atoms with Crippen molar-refractivity contribution in [3.05, 3.63) is 10.6 Å². The molecule has 0 saturated heterocycles. The second kappa shape index (κ2) is 6.51. The monoisotopic (exact) mass is 311 g/mol. The SMILES string of the molecule is CC(C)c1nnsc1C(=O)NCC1(C(=O)O)CCCCC1. The first kappa shape index (κ1) is 15.9. The number of aromatic nitrogens is 2. The Hall–Kier alpha value is -1.50. The van der Waals surface area contributed by atoms with Gasteiger partial charge >= 0.3 is 5.97 Å².